The first-order chi connectivity index (χ1) is 26.4. The predicted octanol–water partition coefficient (Wildman–Crippen LogP) is -0.400. The van der Waals surface area contributed by atoms with Gasteiger partial charge in [0, 0.05) is 25.3 Å². The molecule has 0 radical (unpaired) electrons. The summed E-state index contributed by atoms with van der Waals surface area (Å²) in [5.74, 6) is -3.60. The number of hydrogen-bond acceptors (Lipinski definition) is 8. The maximum atomic E-state index is 13.8. The van der Waals surface area contributed by atoms with E-state index in [0.717, 1.165) is 22.3 Å². The Morgan fingerprint density at radius 3 is 1.47 bits per heavy atom. The highest BCUT2D eigenvalue weighted by Crippen LogP contribution is 2.19. The normalized spacial score (nSPS) is 12.8. The lowest BCUT2D eigenvalue weighted by atomic mass is 10.0. The minimum atomic E-state index is -1.18. The van der Waals surface area contributed by atoms with Crippen LogP contribution in [0.2, 0.25) is 0 Å². The summed E-state index contributed by atoms with van der Waals surface area (Å²) < 4.78 is 0. The average Bonchev–Trinajstić information content (AvgIpc) is 3.16. The van der Waals surface area contributed by atoms with Gasteiger partial charge in [0.25, 0.3) is 0 Å². The van der Waals surface area contributed by atoms with Gasteiger partial charge in [0.2, 0.25) is 29.5 Å². The molecule has 3 aromatic carbocycles. The molecule has 0 unspecified atom stereocenters. The Bertz CT molecular complexity index is 1770. The molecule has 5 amide bonds. The largest absolute Gasteiger partial charge is 0.370 e. The van der Waals surface area contributed by atoms with E-state index in [1.807, 2.05) is 60.7 Å². The van der Waals surface area contributed by atoms with E-state index in [0.29, 0.717) is 0 Å². The first kappa shape index (κ1) is 43.3. The Balaban J connectivity index is 1.73. The summed E-state index contributed by atoms with van der Waals surface area (Å²) >= 11 is 4.28. The van der Waals surface area contributed by atoms with Gasteiger partial charge in [-0.1, -0.05) is 84.9 Å². The quantitative estimate of drug-likeness (QED) is 0.0275. The van der Waals surface area contributed by atoms with E-state index >= 15 is 0 Å². The van der Waals surface area contributed by atoms with Crippen LogP contribution in [0.3, 0.4) is 0 Å². The van der Waals surface area contributed by atoms with E-state index in [9.17, 15) is 24.0 Å². The van der Waals surface area contributed by atoms with Crippen LogP contribution in [0.1, 0.15) is 36.8 Å². The highest BCUT2D eigenvalue weighted by molar-refractivity contribution is 7.80. The van der Waals surface area contributed by atoms with Gasteiger partial charge in [0.15, 0.2) is 11.9 Å². The van der Waals surface area contributed by atoms with Crippen LogP contribution in [0.4, 0.5) is 0 Å². The Morgan fingerprint density at radius 2 is 1.00 bits per heavy atom. The van der Waals surface area contributed by atoms with Crippen molar-refractivity contribution < 1.29 is 24.0 Å². The maximum absolute atomic E-state index is 13.8. The van der Waals surface area contributed by atoms with E-state index in [2.05, 4.69) is 43.9 Å². The summed E-state index contributed by atoms with van der Waals surface area (Å²) in [4.78, 5) is 74.2. The van der Waals surface area contributed by atoms with Gasteiger partial charge in [-0.05, 0) is 47.9 Å². The second-order valence-corrected chi connectivity index (χ2v) is 13.1. The molecule has 0 fully saturated rings. The molecule has 3 rings (SSSR count). The molecule has 17 heteroatoms. The molecule has 0 bridgehead atoms. The Kier molecular flexibility index (Phi) is 18.0. The van der Waals surface area contributed by atoms with Crippen molar-refractivity contribution in [1.29, 1.82) is 0 Å². The fourth-order valence-electron chi connectivity index (χ4n) is 5.50. The Morgan fingerprint density at radius 1 is 0.545 bits per heavy atom. The molecular weight excluding hydrogens is 723 g/mol. The molecule has 4 atom stereocenters. The summed E-state index contributed by atoms with van der Waals surface area (Å²) in [5, 5.41) is 10.7. The summed E-state index contributed by atoms with van der Waals surface area (Å²) in [5.41, 5.74) is 31.0. The van der Waals surface area contributed by atoms with Gasteiger partial charge in [0.05, 0.1) is 6.42 Å². The number of benzene rings is 3. The number of amides is 5. The molecule has 0 aliphatic heterocycles. The highest BCUT2D eigenvalue weighted by atomic mass is 32.1. The number of aliphatic imine (C=N–C) groups is 2. The molecule has 0 aliphatic carbocycles. The predicted molar refractivity (Wildman–Crippen MR) is 216 cm³/mol. The summed E-state index contributed by atoms with van der Waals surface area (Å²) in [7, 11) is 0. The summed E-state index contributed by atoms with van der Waals surface area (Å²) in [6.07, 6.45) is 0.811. The molecular formula is C38H51N11O5S. The van der Waals surface area contributed by atoms with Crippen molar-refractivity contribution in [2.24, 2.45) is 38.7 Å². The molecule has 294 valence electrons. The van der Waals surface area contributed by atoms with Crippen LogP contribution in [-0.4, -0.2) is 84.5 Å². The number of guanidine groups is 2. The number of hydrogen-bond donors (Lipinski definition) is 10. The minimum absolute atomic E-state index is 0.00225. The molecule has 16 nitrogen and oxygen atoms in total. The first-order valence-corrected chi connectivity index (χ1v) is 18.4. The van der Waals surface area contributed by atoms with E-state index < -0.39 is 53.7 Å². The standard InChI is InChI=1S/C38H51N11O5S/c39-33(51)30(21-24-9-3-1-4-10-24)49-35(53)29(14-8-20-45-38(42)43)47-34(52)28(13-7-19-44-37(40)41)48-36(54)31(23-55)46-32(50)22-25-15-17-27(18-16-25)26-11-5-2-6-12-26/h1-6,9-12,15-18,28-31,55H,7-8,13-14,19-23H2,(H2,39,51)(H,46,50)(H,47,52)(H,48,54)(H,49,53)(H4,40,41,44)(H4,42,43,45)/t28-,29+,30+,31+/m1/s1. The molecule has 3 aromatic rings. The number of nitrogens with zero attached hydrogens (tertiary/aromatic N) is 2. The Hall–Kier alpha value is -6.10. The molecule has 0 saturated heterocycles. The summed E-state index contributed by atoms with van der Waals surface area (Å²) in [6.45, 7) is 0.310. The molecule has 0 aliphatic rings. The minimum Gasteiger partial charge on any atom is -0.370 e. The molecule has 0 spiro atoms. The van der Waals surface area contributed by atoms with Gasteiger partial charge < -0.3 is 49.9 Å². The monoisotopic (exact) mass is 773 g/mol. The number of primary amides is 1. The van der Waals surface area contributed by atoms with Crippen molar-refractivity contribution in [1.82, 2.24) is 21.3 Å². The van der Waals surface area contributed by atoms with E-state index in [1.54, 1.807) is 24.3 Å². The first-order valence-electron chi connectivity index (χ1n) is 17.8. The van der Waals surface area contributed by atoms with Crippen LogP contribution in [0, 0.1) is 0 Å². The van der Waals surface area contributed by atoms with Crippen LogP contribution in [0.25, 0.3) is 11.1 Å². The van der Waals surface area contributed by atoms with Crippen molar-refractivity contribution in [3.8, 4) is 11.1 Å². The second kappa shape index (κ2) is 22.9. The lowest BCUT2D eigenvalue weighted by molar-refractivity contribution is -0.134. The number of carbonyl (C=O) groups excluding carboxylic acids is 5. The molecule has 0 aromatic heterocycles. The Labute approximate surface area is 325 Å². The number of nitrogens with one attached hydrogen (secondary N) is 4. The topological polar surface area (TPSA) is 288 Å². The number of rotatable bonds is 22. The lowest BCUT2D eigenvalue weighted by Crippen LogP contribution is -2.58. The molecule has 0 heterocycles. The number of nitrogens with two attached hydrogens (primary N) is 5. The highest BCUT2D eigenvalue weighted by Gasteiger charge is 2.30. The van der Waals surface area contributed by atoms with Crippen LogP contribution in [0.5, 0.6) is 0 Å². The van der Waals surface area contributed by atoms with Crippen molar-refractivity contribution in [2.75, 3.05) is 18.8 Å². The zero-order valence-corrected chi connectivity index (χ0v) is 31.4. The fraction of sp³-hybridized carbons (Fsp3) is 0.342. The van der Waals surface area contributed by atoms with Crippen LogP contribution in [-0.2, 0) is 36.8 Å². The van der Waals surface area contributed by atoms with Crippen LogP contribution < -0.4 is 49.9 Å². The van der Waals surface area contributed by atoms with E-state index in [1.165, 1.54) is 0 Å². The van der Waals surface area contributed by atoms with Crippen LogP contribution in [0.15, 0.2) is 94.9 Å². The average molecular weight is 774 g/mol. The zero-order valence-electron chi connectivity index (χ0n) is 30.5. The SMILES string of the molecule is NC(=O)[C@H](Cc1ccccc1)NC(=O)[C@H](CCCN=C(N)N)NC(=O)[C@@H](CCCN=C(N)N)NC(=O)[C@H](CS)NC(=O)Cc1ccc(-c2ccccc2)cc1. The fourth-order valence-corrected chi connectivity index (χ4v) is 5.76. The van der Waals surface area contributed by atoms with Gasteiger partial charge in [-0.15, -0.1) is 0 Å². The van der Waals surface area contributed by atoms with E-state index in [4.69, 9.17) is 28.7 Å². The van der Waals surface area contributed by atoms with Gasteiger partial charge in [-0.3, -0.25) is 34.0 Å². The van der Waals surface area contributed by atoms with Gasteiger partial charge in [0.1, 0.15) is 24.2 Å². The van der Waals surface area contributed by atoms with Crippen molar-refractivity contribution in [2.45, 2.75) is 62.7 Å². The smallest absolute Gasteiger partial charge is 0.244 e. The van der Waals surface area contributed by atoms with Crippen LogP contribution >= 0.6 is 12.6 Å². The number of carbonyl (C=O) groups is 5. The molecule has 0 saturated carbocycles. The van der Waals surface area contributed by atoms with Gasteiger partial charge in [-0.25, -0.2) is 0 Å². The van der Waals surface area contributed by atoms with E-state index in [-0.39, 0.29) is 69.3 Å². The summed E-state index contributed by atoms with van der Waals surface area (Å²) in [6, 6.07) is 21.7. The van der Waals surface area contributed by atoms with Gasteiger partial charge >= 0.3 is 0 Å². The molecule has 55 heavy (non-hydrogen) atoms. The van der Waals surface area contributed by atoms with Crippen molar-refractivity contribution >= 4 is 54.1 Å². The zero-order chi connectivity index (χ0) is 40.2. The third-order valence-corrected chi connectivity index (χ3v) is 8.72. The third kappa shape index (κ3) is 15.8. The number of thiol groups is 1. The molecule has 14 N–H and O–H groups in total. The van der Waals surface area contributed by atoms with Gasteiger partial charge in [-0.2, -0.15) is 12.6 Å². The maximum Gasteiger partial charge on any atom is 0.244 e. The third-order valence-electron chi connectivity index (χ3n) is 8.36. The lowest BCUT2D eigenvalue weighted by Gasteiger charge is -2.26. The van der Waals surface area contributed by atoms with Crippen molar-refractivity contribution in [3.05, 3.63) is 96.1 Å². The second-order valence-electron chi connectivity index (χ2n) is 12.7. The van der Waals surface area contributed by atoms with Crippen molar-refractivity contribution in [3.63, 3.8) is 0 Å².